The minimum atomic E-state index is -0.108. The number of nitrogens with zero attached hydrogens (tertiary/aromatic N) is 1. The molecule has 22 heavy (non-hydrogen) atoms. The van der Waals surface area contributed by atoms with Crippen LogP contribution in [0.2, 0.25) is 5.02 Å². The Bertz CT molecular complexity index is 819. The first-order chi connectivity index (χ1) is 10.6. The zero-order valence-electron chi connectivity index (χ0n) is 12.5. The van der Waals surface area contributed by atoms with Crippen LogP contribution < -0.4 is 5.32 Å². The number of hydrogen-bond acceptors (Lipinski definition) is 2. The zero-order chi connectivity index (χ0) is 15.7. The number of carbonyl (C=O) groups excluding carboxylic acids is 1. The molecule has 1 amide bonds. The number of halogens is 1. The largest absolute Gasteiger partial charge is 0.467 e. The number of furan rings is 1. The lowest BCUT2D eigenvalue weighted by Crippen LogP contribution is -2.26. The van der Waals surface area contributed by atoms with Crippen molar-refractivity contribution in [2.75, 3.05) is 0 Å². The van der Waals surface area contributed by atoms with Crippen LogP contribution in [-0.4, -0.2) is 10.5 Å². The third-order valence-electron chi connectivity index (χ3n) is 3.81. The summed E-state index contributed by atoms with van der Waals surface area (Å²) in [6.45, 7) is 5.07. The SMILES string of the molecule is CCn1c(C(=O)NCc2ccco2)c(C)c2cc(Cl)ccc21. The predicted octanol–water partition coefficient (Wildman–Crippen LogP) is 4.15. The molecule has 1 N–H and O–H groups in total. The van der Waals surface area contributed by atoms with Gasteiger partial charge in [0.1, 0.15) is 11.5 Å². The Kier molecular flexibility index (Phi) is 3.94. The van der Waals surface area contributed by atoms with E-state index >= 15 is 0 Å². The van der Waals surface area contributed by atoms with Gasteiger partial charge in [-0.15, -0.1) is 0 Å². The number of benzene rings is 1. The fourth-order valence-electron chi connectivity index (χ4n) is 2.78. The monoisotopic (exact) mass is 316 g/mol. The van der Waals surface area contributed by atoms with Gasteiger partial charge in [-0.3, -0.25) is 4.79 Å². The summed E-state index contributed by atoms with van der Waals surface area (Å²) in [5, 5.41) is 4.59. The van der Waals surface area contributed by atoms with Crippen LogP contribution in [0.1, 0.15) is 28.7 Å². The molecule has 2 heterocycles. The maximum absolute atomic E-state index is 12.6. The predicted molar refractivity (Wildman–Crippen MR) is 87.2 cm³/mol. The van der Waals surface area contributed by atoms with Gasteiger partial charge in [-0.2, -0.15) is 0 Å². The standard InChI is InChI=1S/C17H17ClN2O2/c1-3-20-15-7-6-12(18)9-14(15)11(2)16(20)17(21)19-10-13-5-4-8-22-13/h4-9H,3,10H2,1-2H3,(H,19,21). The topological polar surface area (TPSA) is 47.2 Å². The number of fused-ring (bicyclic) bond motifs is 1. The molecule has 1 aromatic carbocycles. The van der Waals surface area contributed by atoms with E-state index in [4.69, 9.17) is 16.0 Å². The molecule has 0 spiro atoms. The lowest BCUT2D eigenvalue weighted by Gasteiger charge is -2.09. The van der Waals surface area contributed by atoms with Gasteiger partial charge >= 0.3 is 0 Å². The Morgan fingerprint density at radius 3 is 2.86 bits per heavy atom. The van der Waals surface area contributed by atoms with Crippen LogP contribution >= 0.6 is 11.6 Å². The van der Waals surface area contributed by atoms with Crippen molar-refractivity contribution in [2.45, 2.75) is 26.9 Å². The molecule has 3 aromatic rings. The van der Waals surface area contributed by atoms with Crippen LogP contribution in [0.3, 0.4) is 0 Å². The molecular weight excluding hydrogens is 300 g/mol. The molecule has 0 saturated heterocycles. The first-order valence-electron chi connectivity index (χ1n) is 7.20. The summed E-state index contributed by atoms with van der Waals surface area (Å²) in [7, 11) is 0. The molecule has 3 rings (SSSR count). The van der Waals surface area contributed by atoms with Crippen LogP contribution in [0.15, 0.2) is 41.0 Å². The maximum Gasteiger partial charge on any atom is 0.268 e. The van der Waals surface area contributed by atoms with E-state index in [9.17, 15) is 4.79 Å². The van der Waals surface area contributed by atoms with Crippen molar-refractivity contribution in [3.63, 3.8) is 0 Å². The molecule has 4 nitrogen and oxygen atoms in total. The molecule has 0 radical (unpaired) electrons. The highest BCUT2D eigenvalue weighted by Gasteiger charge is 2.19. The fourth-order valence-corrected chi connectivity index (χ4v) is 2.95. The Morgan fingerprint density at radius 2 is 2.18 bits per heavy atom. The third kappa shape index (κ3) is 2.50. The van der Waals surface area contributed by atoms with E-state index in [1.54, 1.807) is 12.3 Å². The van der Waals surface area contributed by atoms with Crippen molar-refractivity contribution in [2.24, 2.45) is 0 Å². The smallest absolute Gasteiger partial charge is 0.268 e. The number of hydrogen-bond donors (Lipinski definition) is 1. The highest BCUT2D eigenvalue weighted by atomic mass is 35.5. The van der Waals surface area contributed by atoms with Gasteiger partial charge in [0.15, 0.2) is 0 Å². The van der Waals surface area contributed by atoms with Crippen molar-refractivity contribution in [1.29, 1.82) is 0 Å². The minimum absolute atomic E-state index is 0.108. The summed E-state index contributed by atoms with van der Waals surface area (Å²) in [4.78, 5) is 12.6. The van der Waals surface area contributed by atoms with Gasteiger partial charge in [-0.05, 0) is 49.7 Å². The van der Waals surface area contributed by atoms with Crippen molar-refractivity contribution < 1.29 is 9.21 Å². The van der Waals surface area contributed by atoms with Crippen molar-refractivity contribution in [3.8, 4) is 0 Å². The zero-order valence-corrected chi connectivity index (χ0v) is 13.3. The average Bonchev–Trinajstić information content (AvgIpc) is 3.11. The second-order valence-corrected chi connectivity index (χ2v) is 5.58. The van der Waals surface area contributed by atoms with Crippen LogP contribution in [0.4, 0.5) is 0 Å². The van der Waals surface area contributed by atoms with Crippen LogP contribution in [0.5, 0.6) is 0 Å². The van der Waals surface area contributed by atoms with Gasteiger partial charge in [0.2, 0.25) is 0 Å². The second kappa shape index (κ2) is 5.89. The van der Waals surface area contributed by atoms with Crippen LogP contribution in [-0.2, 0) is 13.1 Å². The van der Waals surface area contributed by atoms with E-state index in [0.29, 0.717) is 17.3 Å². The van der Waals surface area contributed by atoms with Gasteiger partial charge in [0.05, 0.1) is 12.8 Å². The van der Waals surface area contributed by atoms with E-state index in [0.717, 1.165) is 28.8 Å². The van der Waals surface area contributed by atoms with Gasteiger partial charge in [0, 0.05) is 22.5 Å². The molecule has 114 valence electrons. The molecule has 0 unspecified atom stereocenters. The number of amides is 1. The maximum atomic E-state index is 12.6. The summed E-state index contributed by atoms with van der Waals surface area (Å²) in [6, 6.07) is 9.35. The first-order valence-corrected chi connectivity index (χ1v) is 7.58. The summed E-state index contributed by atoms with van der Waals surface area (Å²) in [5.41, 5.74) is 2.63. The minimum Gasteiger partial charge on any atom is -0.467 e. The molecule has 5 heteroatoms. The van der Waals surface area contributed by atoms with Gasteiger partial charge < -0.3 is 14.3 Å². The number of aromatic nitrogens is 1. The number of aryl methyl sites for hydroxylation is 2. The molecule has 0 fully saturated rings. The quantitative estimate of drug-likeness (QED) is 0.786. The average molecular weight is 317 g/mol. The second-order valence-electron chi connectivity index (χ2n) is 5.14. The highest BCUT2D eigenvalue weighted by Crippen LogP contribution is 2.28. The Labute approximate surface area is 133 Å². The lowest BCUT2D eigenvalue weighted by molar-refractivity contribution is 0.0938. The van der Waals surface area contributed by atoms with Crippen molar-refractivity contribution >= 4 is 28.4 Å². The number of rotatable bonds is 4. The molecular formula is C17H17ClN2O2. The summed E-state index contributed by atoms with van der Waals surface area (Å²) in [5.74, 6) is 0.622. The number of nitrogens with one attached hydrogen (secondary N) is 1. The fraction of sp³-hybridized carbons (Fsp3) is 0.235. The van der Waals surface area contributed by atoms with Crippen LogP contribution in [0, 0.1) is 6.92 Å². The van der Waals surface area contributed by atoms with Gasteiger partial charge in [0.25, 0.3) is 5.91 Å². The molecule has 2 aromatic heterocycles. The molecule has 0 aliphatic heterocycles. The third-order valence-corrected chi connectivity index (χ3v) is 4.05. The molecule has 0 atom stereocenters. The summed E-state index contributed by atoms with van der Waals surface area (Å²) < 4.78 is 7.25. The van der Waals surface area contributed by atoms with E-state index < -0.39 is 0 Å². The van der Waals surface area contributed by atoms with Gasteiger partial charge in [-0.25, -0.2) is 0 Å². The molecule has 0 bridgehead atoms. The first kappa shape index (κ1) is 14.7. The van der Waals surface area contributed by atoms with E-state index in [-0.39, 0.29) is 5.91 Å². The van der Waals surface area contributed by atoms with E-state index in [1.165, 1.54) is 0 Å². The highest BCUT2D eigenvalue weighted by molar-refractivity contribution is 6.31. The molecule has 0 aliphatic carbocycles. The molecule has 0 saturated carbocycles. The lowest BCUT2D eigenvalue weighted by atomic mass is 10.1. The Balaban J connectivity index is 1.98. The van der Waals surface area contributed by atoms with Crippen molar-refractivity contribution in [1.82, 2.24) is 9.88 Å². The number of carbonyl (C=O) groups is 1. The summed E-state index contributed by atoms with van der Waals surface area (Å²) >= 11 is 6.08. The Hall–Kier alpha value is -2.20. The summed E-state index contributed by atoms with van der Waals surface area (Å²) in [6.07, 6.45) is 1.60. The van der Waals surface area contributed by atoms with E-state index in [2.05, 4.69) is 5.32 Å². The van der Waals surface area contributed by atoms with Crippen molar-refractivity contribution in [3.05, 3.63) is 58.6 Å². The van der Waals surface area contributed by atoms with Crippen LogP contribution in [0.25, 0.3) is 10.9 Å². The van der Waals surface area contributed by atoms with E-state index in [1.807, 2.05) is 42.7 Å². The molecule has 0 aliphatic rings. The Morgan fingerprint density at radius 1 is 1.36 bits per heavy atom. The normalized spacial score (nSPS) is 11.0. The van der Waals surface area contributed by atoms with Gasteiger partial charge in [-0.1, -0.05) is 11.6 Å².